The van der Waals surface area contributed by atoms with Crippen molar-refractivity contribution in [1.82, 2.24) is 0 Å². The summed E-state index contributed by atoms with van der Waals surface area (Å²) < 4.78 is 40.9. The van der Waals surface area contributed by atoms with E-state index in [-0.39, 0.29) is 16.5 Å². The minimum Gasteiger partial charge on any atom is -0.332 e. The fraction of sp³-hybridized carbons (Fsp3) is 0.100. The second-order valence-electron chi connectivity index (χ2n) is 8.83. The van der Waals surface area contributed by atoms with Crippen molar-refractivity contribution in [3.63, 3.8) is 0 Å². The van der Waals surface area contributed by atoms with E-state index in [1.54, 1.807) is 78.9 Å². The summed E-state index contributed by atoms with van der Waals surface area (Å²) in [6.45, 7) is 1.49. The Morgan fingerprint density at radius 2 is 1.51 bits per heavy atom. The number of ketones is 1. The van der Waals surface area contributed by atoms with E-state index in [2.05, 4.69) is 16.0 Å². The summed E-state index contributed by atoms with van der Waals surface area (Å²) in [5.41, 5.74) is 1.12. The lowest BCUT2D eigenvalue weighted by Gasteiger charge is -2.20. The van der Waals surface area contributed by atoms with Gasteiger partial charge >= 0.3 is 6.18 Å². The molecule has 1 unspecified atom stereocenters. The summed E-state index contributed by atoms with van der Waals surface area (Å²) in [4.78, 5) is 25.6. The smallest absolute Gasteiger partial charge is 0.332 e. The molecule has 11 heteroatoms. The van der Waals surface area contributed by atoms with E-state index in [9.17, 15) is 22.8 Å². The van der Waals surface area contributed by atoms with E-state index in [4.69, 9.17) is 23.8 Å². The number of benzene rings is 4. The Morgan fingerprint density at radius 1 is 0.829 bits per heavy atom. The van der Waals surface area contributed by atoms with Crippen molar-refractivity contribution in [2.24, 2.45) is 0 Å². The second kappa shape index (κ2) is 13.2. The van der Waals surface area contributed by atoms with Crippen LogP contribution < -0.4 is 16.0 Å². The van der Waals surface area contributed by atoms with Crippen LogP contribution in [0.15, 0.2) is 102 Å². The average molecular weight is 614 g/mol. The molecule has 4 aromatic rings. The van der Waals surface area contributed by atoms with E-state index in [0.717, 1.165) is 12.1 Å². The highest BCUT2D eigenvalue weighted by molar-refractivity contribution is 8.00. The SMILES string of the molecule is CC(=O)c1ccc(NC(=S)Nc2cccc(SC(C(=O)Nc3ccc(Cl)cc3C(F)(F)F)c3ccccc3)c2)cc1. The normalized spacial score (nSPS) is 11.8. The van der Waals surface area contributed by atoms with E-state index in [1.165, 1.54) is 24.8 Å². The number of thioether (sulfide) groups is 1. The summed E-state index contributed by atoms with van der Waals surface area (Å²) in [5, 5.41) is 7.92. The van der Waals surface area contributed by atoms with Crippen molar-refractivity contribution in [2.45, 2.75) is 23.2 Å². The Morgan fingerprint density at radius 3 is 2.17 bits per heavy atom. The summed E-state index contributed by atoms with van der Waals surface area (Å²) in [6, 6.07) is 26.0. The predicted octanol–water partition coefficient (Wildman–Crippen LogP) is 8.84. The number of alkyl halides is 3. The van der Waals surface area contributed by atoms with Gasteiger partial charge in [-0.15, -0.1) is 11.8 Å². The molecular formula is C30H23ClF3N3O2S2. The maximum absolute atomic E-state index is 13.6. The fourth-order valence-electron chi connectivity index (χ4n) is 3.82. The van der Waals surface area contributed by atoms with Crippen LogP contribution in [-0.2, 0) is 11.0 Å². The molecule has 1 atom stereocenters. The van der Waals surface area contributed by atoms with Crippen LogP contribution in [-0.4, -0.2) is 16.8 Å². The van der Waals surface area contributed by atoms with Crippen molar-refractivity contribution >= 4 is 69.4 Å². The van der Waals surface area contributed by atoms with Crippen molar-refractivity contribution in [2.75, 3.05) is 16.0 Å². The zero-order chi connectivity index (χ0) is 29.6. The lowest BCUT2D eigenvalue weighted by Crippen LogP contribution is -2.21. The molecular weight excluding hydrogens is 591 g/mol. The zero-order valence-corrected chi connectivity index (χ0v) is 23.8. The Kier molecular flexibility index (Phi) is 9.69. The number of hydrogen-bond acceptors (Lipinski definition) is 4. The molecule has 0 aliphatic heterocycles. The van der Waals surface area contributed by atoms with Crippen molar-refractivity contribution < 1.29 is 22.8 Å². The van der Waals surface area contributed by atoms with Gasteiger partial charge < -0.3 is 16.0 Å². The summed E-state index contributed by atoms with van der Waals surface area (Å²) >= 11 is 12.4. The molecule has 0 bridgehead atoms. The molecule has 0 spiro atoms. The Hall–Kier alpha value is -3.86. The van der Waals surface area contributed by atoms with Crippen LogP contribution in [0.1, 0.15) is 33.7 Å². The van der Waals surface area contributed by atoms with Gasteiger partial charge in [-0.05, 0) is 85.4 Å². The minimum atomic E-state index is -4.70. The standard InChI is InChI=1S/C30H23ClF3N3O2S2/c1-18(38)19-10-13-22(14-11-19)35-29(40)36-23-8-5-9-24(17-23)41-27(20-6-3-2-4-7-20)28(39)37-26-15-12-21(31)16-25(26)30(32,33)34/h2-17,27H,1H3,(H,37,39)(H2,35,36,40). The topological polar surface area (TPSA) is 70.2 Å². The van der Waals surface area contributed by atoms with Gasteiger partial charge in [0.2, 0.25) is 5.91 Å². The second-order valence-corrected chi connectivity index (χ2v) is 10.8. The molecule has 4 aromatic carbocycles. The molecule has 0 saturated carbocycles. The van der Waals surface area contributed by atoms with Crippen LogP contribution in [0.25, 0.3) is 0 Å². The first kappa shape index (κ1) is 30.1. The first-order valence-corrected chi connectivity index (χ1v) is 13.8. The first-order chi connectivity index (χ1) is 19.5. The number of Topliss-reactive ketones (excluding diaryl/α,β-unsaturated/α-hetero) is 1. The van der Waals surface area contributed by atoms with Gasteiger partial charge in [0, 0.05) is 26.9 Å². The van der Waals surface area contributed by atoms with Gasteiger partial charge in [0.1, 0.15) is 5.25 Å². The minimum absolute atomic E-state index is 0.0389. The molecule has 0 saturated heterocycles. The lowest BCUT2D eigenvalue weighted by molar-refractivity contribution is -0.137. The average Bonchev–Trinajstić information content (AvgIpc) is 2.93. The number of halogens is 4. The van der Waals surface area contributed by atoms with Gasteiger partial charge in [-0.25, -0.2) is 0 Å². The van der Waals surface area contributed by atoms with Crippen LogP contribution in [0.5, 0.6) is 0 Å². The number of carbonyl (C=O) groups excluding carboxylic acids is 2. The third-order valence-electron chi connectivity index (χ3n) is 5.78. The Bertz CT molecular complexity index is 1570. The Balaban J connectivity index is 1.52. The molecule has 0 radical (unpaired) electrons. The van der Waals surface area contributed by atoms with Crippen LogP contribution in [0, 0.1) is 0 Å². The molecule has 0 aliphatic carbocycles. The molecule has 3 N–H and O–H groups in total. The third kappa shape index (κ3) is 8.32. The zero-order valence-electron chi connectivity index (χ0n) is 21.5. The van der Waals surface area contributed by atoms with E-state index < -0.39 is 22.9 Å². The van der Waals surface area contributed by atoms with Gasteiger partial charge in [-0.1, -0.05) is 48.0 Å². The van der Waals surface area contributed by atoms with Gasteiger partial charge in [-0.3, -0.25) is 9.59 Å². The van der Waals surface area contributed by atoms with Crippen LogP contribution >= 0.6 is 35.6 Å². The van der Waals surface area contributed by atoms with E-state index in [1.807, 2.05) is 0 Å². The molecule has 5 nitrogen and oxygen atoms in total. The monoisotopic (exact) mass is 613 g/mol. The fourth-order valence-corrected chi connectivity index (χ4v) is 5.32. The van der Waals surface area contributed by atoms with Crippen molar-refractivity contribution in [3.05, 3.63) is 119 Å². The van der Waals surface area contributed by atoms with Crippen molar-refractivity contribution in [1.29, 1.82) is 0 Å². The third-order valence-corrected chi connectivity index (χ3v) is 7.47. The molecule has 0 aliphatic rings. The molecule has 0 fully saturated rings. The number of anilines is 3. The maximum atomic E-state index is 13.6. The van der Waals surface area contributed by atoms with Gasteiger partial charge in [0.05, 0.1) is 11.3 Å². The number of carbonyl (C=O) groups is 2. The molecule has 0 aromatic heterocycles. The molecule has 1 amide bonds. The summed E-state index contributed by atoms with van der Waals surface area (Å²) in [6.07, 6.45) is -4.70. The van der Waals surface area contributed by atoms with Gasteiger partial charge in [0.15, 0.2) is 10.9 Å². The lowest BCUT2D eigenvalue weighted by atomic mass is 10.1. The molecule has 41 heavy (non-hydrogen) atoms. The molecule has 0 heterocycles. The summed E-state index contributed by atoms with van der Waals surface area (Å²) in [7, 11) is 0. The maximum Gasteiger partial charge on any atom is 0.418 e. The largest absolute Gasteiger partial charge is 0.418 e. The number of thiocarbonyl (C=S) groups is 1. The number of rotatable bonds is 8. The van der Waals surface area contributed by atoms with Crippen LogP contribution in [0.3, 0.4) is 0 Å². The quantitative estimate of drug-likeness (QED) is 0.105. The van der Waals surface area contributed by atoms with Gasteiger partial charge in [0.25, 0.3) is 0 Å². The van der Waals surface area contributed by atoms with Gasteiger partial charge in [-0.2, -0.15) is 13.2 Å². The Labute approximate surface area is 249 Å². The highest BCUT2D eigenvalue weighted by Crippen LogP contribution is 2.40. The summed E-state index contributed by atoms with van der Waals surface area (Å²) in [5.74, 6) is -0.665. The highest BCUT2D eigenvalue weighted by atomic mass is 35.5. The van der Waals surface area contributed by atoms with Crippen LogP contribution in [0.4, 0.5) is 30.2 Å². The number of amides is 1. The van der Waals surface area contributed by atoms with E-state index in [0.29, 0.717) is 32.5 Å². The van der Waals surface area contributed by atoms with Crippen molar-refractivity contribution in [3.8, 4) is 0 Å². The van der Waals surface area contributed by atoms with Crippen LogP contribution in [0.2, 0.25) is 5.02 Å². The first-order valence-electron chi connectivity index (χ1n) is 12.2. The number of nitrogens with one attached hydrogen (secondary N) is 3. The highest BCUT2D eigenvalue weighted by Gasteiger charge is 2.35. The number of hydrogen-bond donors (Lipinski definition) is 3. The molecule has 210 valence electrons. The predicted molar refractivity (Wildman–Crippen MR) is 163 cm³/mol. The molecule has 4 rings (SSSR count). The van der Waals surface area contributed by atoms with E-state index >= 15 is 0 Å².